The fourth-order valence-corrected chi connectivity index (χ4v) is 2.20. The third kappa shape index (κ3) is 5.28. The largest absolute Gasteiger partial charge is 0.573 e. The highest BCUT2D eigenvalue weighted by molar-refractivity contribution is 6.02. The quantitative estimate of drug-likeness (QED) is 0.464. The lowest BCUT2D eigenvalue weighted by atomic mass is 10.0. The van der Waals surface area contributed by atoms with Crippen molar-refractivity contribution >= 4 is 12.1 Å². The Balaban J connectivity index is 2.52. The number of alkyl halides is 3. The number of aromatic nitrogens is 1. The summed E-state index contributed by atoms with van der Waals surface area (Å²) in [7, 11) is 1.40. The van der Waals surface area contributed by atoms with E-state index in [-0.39, 0.29) is 17.9 Å². The lowest BCUT2D eigenvalue weighted by Crippen LogP contribution is -2.19. The van der Waals surface area contributed by atoms with E-state index in [0.29, 0.717) is 17.5 Å². The number of aryl methyl sites for hydroxylation is 1. The van der Waals surface area contributed by atoms with Crippen LogP contribution in [0.15, 0.2) is 41.6 Å². The molecule has 1 amide bonds. The zero-order chi connectivity index (χ0) is 19.2. The number of benzene rings is 1. The van der Waals surface area contributed by atoms with Gasteiger partial charge >= 0.3 is 6.36 Å². The summed E-state index contributed by atoms with van der Waals surface area (Å²) in [6.07, 6.45) is -3.06. The van der Waals surface area contributed by atoms with Gasteiger partial charge in [0.05, 0.1) is 12.3 Å². The summed E-state index contributed by atoms with van der Waals surface area (Å²) in [5.74, 6) is -0.407. The van der Waals surface area contributed by atoms with Crippen molar-refractivity contribution in [2.24, 2.45) is 5.10 Å². The van der Waals surface area contributed by atoms with Gasteiger partial charge in [0.1, 0.15) is 5.75 Å². The second kappa shape index (κ2) is 8.43. The number of ether oxygens (including phenoxy) is 2. The zero-order valence-electron chi connectivity index (χ0n) is 14.0. The molecule has 0 aliphatic rings. The van der Waals surface area contributed by atoms with Crippen LogP contribution in [0.3, 0.4) is 0 Å². The fourth-order valence-electron chi connectivity index (χ4n) is 2.20. The standard InChI is InChI=1S/C17H16F3N3O3/c1-11-3-4-13(8-21-11)14-6-5-12(7-16(14)26-17(18,19)20)15(9-25-2)23-22-10-24/h3-8,10H,9H2,1-2H3,(H,22,24)/b23-15+. The first kappa shape index (κ1) is 19.4. The van der Waals surface area contributed by atoms with Gasteiger partial charge in [-0.15, -0.1) is 13.2 Å². The van der Waals surface area contributed by atoms with E-state index in [1.807, 2.05) is 0 Å². The minimum absolute atomic E-state index is 0.0161. The normalized spacial score (nSPS) is 12.0. The van der Waals surface area contributed by atoms with Crippen LogP contribution in [0.4, 0.5) is 13.2 Å². The minimum Gasteiger partial charge on any atom is -0.405 e. The number of hydrogen-bond acceptors (Lipinski definition) is 5. The monoisotopic (exact) mass is 367 g/mol. The predicted molar refractivity (Wildman–Crippen MR) is 88.7 cm³/mol. The second-order valence-electron chi connectivity index (χ2n) is 5.19. The lowest BCUT2D eigenvalue weighted by Gasteiger charge is -2.15. The average molecular weight is 367 g/mol. The van der Waals surface area contributed by atoms with Gasteiger partial charge in [0.15, 0.2) is 0 Å². The molecule has 0 saturated carbocycles. The predicted octanol–water partition coefficient (Wildman–Crippen LogP) is 3.05. The molecule has 0 spiro atoms. The van der Waals surface area contributed by atoms with E-state index < -0.39 is 12.1 Å². The number of carbonyl (C=O) groups is 1. The molecule has 0 unspecified atom stereocenters. The minimum atomic E-state index is -4.87. The van der Waals surface area contributed by atoms with Crippen LogP contribution in [0.5, 0.6) is 5.75 Å². The molecule has 0 radical (unpaired) electrons. The fraction of sp³-hybridized carbons (Fsp3) is 0.235. The van der Waals surface area contributed by atoms with Gasteiger partial charge in [-0.05, 0) is 25.1 Å². The van der Waals surface area contributed by atoms with Gasteiger partial charge in [0.25, 0.3) is 0 Å². The molecule has 0 aliphatic carbocycles. The number of nitrogens with zero attached hydrogens (tertiary/aromatic N) is 2. The van der Waals surface area contributed by atoms with Gasteiger partial charge in [0.2, 0.25) is 6.41 Å². The summed E-state index contributed by atoms with van der Waals surface area (Å²) in [4.78, 5) is 14.5. The highest BCUT2D eigenvalue weighted by Gasteiger charge is 2.32. The van der Waals surface area contributed by atoms with Crippen molar-refractivity contribution in [1.82, 2.24) is 10.4 Å². The van der Waals surface area contributed by atoms with E-state index in [4.69, 9.17) is 4.74 Å². The Morgan fingerprint density at radius 1 is 1.31 bits per heavy atom. The van der Waals surface area contributed by atoms with Crippen LogP contribution in [-0.2, 0) is 9.53 Å². The van der Waals surface area contributed by atoms with E-state index >= 15 is 0 Å². The highest BCUT2D eigenvalue weighted by atomic mass is 19.4. The zero-order valence-corrected chi connectivity index (χ0v) is 14.0. The van der Waals surface area contributed by atoms with Crippen molar-refractivity contribution in [3.8, 4) is 16.9 Å². The molecule has 6 nitrogen and oxygen atoms in total. The maximum Gasteiger partial charge on any atom is 0.573 e. The molecule has 1 N–H and O–H groups in total. The van der Waals surface area contributed by atoms with Gasteiger partial charge in [-0.2, -0.15) is 5.10 Å². The molecule has 0 saturated heterocycles. The number of amides is 1. The molecular weight excluding hydrogens is 351 g/mol. The number of halogens is 3. The molecule has 0 aliphatic heterocycles. The third-order valence-electron chi connectivity index (χ3n) is 3.30. The van der Waals surface area contributed by atoms with E-state index in [2.05, 4.69) is 20.2 Å². The summed E-state index contributed by atoms with van der Waals surface area (Å²) < 4.78 is 47.6. The smallest absolute Gasteiger partial charge is 0.405 e. The molecule has 1 aromatic carbocycles. The van der Waals surface area contributed by atoms with Gasteiger partial charge < -0.3 is 9.47 Å². The number of hydrazone groups is 1. The maximum absolute atomic E-state index is 12.8. The summed E-state index contributed by atoms with van der Waals surface area (Å²) >= 11 is 0. The topological polar surface area (TPSA) is 72.8 Å². The Morgan fingerprint density at radius 3 is 2.65 bits per heavy atom. The van der Waals surface area contributed by atoms with Gasteiger partial charge in [-0.25, -0.2) is 5.43 Å². The molecule has 26 heavy (non-hydrogen) atoms. The SMILES string of the molecule is COC/C(=N\NC=O)c1ccc(-c2ccc(C)nc2)c(OC(F)(F)F)c1. The molecule has 138 valence electrons. The molecule has 0 fully saturated rings. The Morgan fingerprint density at radius 2 is 2.08 bits per heavy atom. The van der Waals surface area contributed by atoms with Crippen molar-refractivity contribution in [3.63, 3.8) is 0 Å². The van der Waals surface area contributed by atoms with Crippen LogP contribution in [0.2, 0.25) is 0 Å². The first-order valence-corrected chi connectivity index (χ1v) is 7.42. The summed E-state index contributed by atoms with van der Waals surface area (Å²) in [6, 6.07) is 7.55. The third-order valence-corrected chi connectivity index (χ3v) is 3.30. The van der Waals surface area contributed by atoms with Crippen molar-refractivity contribution in [2.75, 3.05) is 13.7 Å². The number of pyridine rings is 1. The Labute approximate surface area is 147 Å². The van der Waals surface area contributed by atoms with Gasteiger partial charge in [0, 0.05) is 35.7 Å². The molecular formula is C17H16F3N3O3. The summed E-state index contributed by atoms with van der Waals surface area (Å²) in [5, 5.41) is 3.78. The van der Waals surface area contributed by atoms with Crippen LogP contribution in [-0.4, -0.2) is 37.2 Å². The molecule has 0 bridgehead atoms. The van der Waals surface area contributed by atoms with Crippen LogP contribution in [0, 0.1) is 6.92 Å². The number of hydrogen-bond donors (Lipinski definition) is 1. The highest BCUT2D eigenvalue weighted by Crippen LogP contribution is 2.34. The number of carbonyl (C=O) groups excluding carboxylic acids is 1. The number of nitrogens with one attached hydrogen (secondary N) is 1. The maximum atomic E-state index is 12.8. The Bertz CT molecular complexity index is 790. The number of rotatable bonds is 7. The molecule has 1 heterocycles. The molecule has 2 aromatic rings. The van der Waals surface area contributed by atoms with Crippen LogP contribution in [0.1, 0.15) is 11.3 Å². The second-order valence-corrected chi connectivity index (χ2v) is 5.19. The van der Waals surface area contributed by atoms with Crippen LogP contribution < -0.4 is 10.2 Å². The number of methoxy groups -OCH3 is 1. The first-order valence-electron chi connectivity index (χ1n) is 7.42. The summed E-state index contributed by atoms with van der Waals surface area (Å²) in [5.41, 5.74) is 4.08. The molecule has 0 atom stereocenters. The van der Waals surface area contributed by atoms with Crippen molar-refractivity contribution in [2.45, 2.75) is 13.3 Å². The van der Waals surface area contributed by atoms with Crippen molar-refractivity contribution in [1.29, 1.82) is 0 Å². The van der Waals surface area contributed by atoms with Crippen LogP contribution in [0.25, 0.3) is 11.1 Å². The molecule has 9 heteroatoms. The van der Waals surface area contributed by atoms with E-state index in [1.54, 1.807) is 25.1 Å². The Kier molecular flexibility index (Phi) is 6.29. The first-order chi connectivity index (χ1) is 12.3. The molecule has 2 rings (SSSR count). The van der Waals surface area contributed by atoms with Gasteiger partial charge in [-0.3, -0.25) is 9.78 Å². The Hall–Kier alpha value is -2.94. The summed E-state index contributed by atoms with van der Waals surface area (Å²) in [6.45, 7) is 1.76. The average Bonchev–Trinajstić information content (AvgIpc) is 2.58. The van der Waals surface area contributed by atoms with Crippen LogP contribution >= 0.6 is 0 Å². The van der Waals surface area contributed by atoms with Gasteiger partial charge in [-0.1, -0.05) is 12.1 Å². The lowest BCUT2D eigenvalue weighted by molar-refractivity contribution is -0.274. The van der Waals surface area contributed by atoms with E-state index in [9.17, 15) is 18.0 Å². The van der Waals surface area contributed by atoms with E-state index in [1.165, 1.54) is 25.4 Å². The van der Waals surface area contributed by atoms with Crippen molar-refractivity contribution in [3.05, 3.63) is 47.8 Å². The van der Waals surface area contributed by atoms with Crippen molar-refractivity contribution < 1.29 is 27.4 Å². The molecule has 1 aromatic heterocycles. The van der Waals surface area contributed by atoms with E-state index in [0.717, 1.165) is 5.69 Å².